The second-order valence-corrected chi connectivity index (χ2v) is 2.20. The summed E-state index contributed by atoms with van der Waals surface area (Å²) in [6.07, 6.45) is 1.81. The molecule has 1 aromatic rings. The summed E-state index contributed by atoms with van der Waals surface area (Å²) in [6, 6.07) is 0. The molecule has 0 saturated carbocycles. The Morgan fingerprint density at radius 3 is 2.60 bits per heavy atom. The minimum atomic E-state index is 0.801. The second kappa shape index (κ2) is 2.64. The number of anilines is 1. The lowest BCUT2D eigenvalue weighted by Gasteiger charge is -2.02. The zero-order valence-electron chi connectivity index (χ0n) is 6.47. The molecule has 0 spiro atoms. The predicted octanol–water partition coefficient (Wildman–Crippen LogP) is 1.14. The third kappa shape index (κ3) is 1.23. The van der Waals surface area contributed by atoms with E-state index in [-0.39, 0.29) is 0 Å². The average molecular weight is 137 g/mol. The van der Waals surface area contributed by atoms with Crippen molar-refractivity contribution in [3.63, 3.8) is 0 Å². The SMILES string of the molecule is CNc1nc(C)ncc1C. The van der Waals surface area contributed by atoms with Crippen LogP contribution in [0.15, 0.2) is 6.20 Å². The molecule has 0 aliphatic heterocycles. The summed E-state index contributed by atoms with van der Waals surface area (Å²) in [5, 5.41) is 2.98. The summed E-state index contributed by atoms with van der Waals surface area (Å²) in [6.45, 7) is 3.85. The quantitative estimate of drug-likeness (QED) is 0.630. The van der Waals surface area contributed by atoms with Crippen molar-refractivity contribution in [2.45, 2.75) is 13.8 Å². The van der Waals surface area contributed by atoms with Gasteiger partial charge in [0.2, 0.25) is 0 Å². The second-order valence-electron chi connectivity index (χ2n) is 2.20. The van der Waals surface area contributed by atoms with Gasteiger partial charge >= 0.3 is 0 Å². The van der Waals surface area contributed by atoms with Gasteiger partial charge in [0.25, 0.3) is 0 Å². The van der Waals surface area contributed by atoms with Crippen molar-refractivity contribution in [3.05, 3.63) is 17.6 Å². The Hall–Kier alpha value is -1.12. The summed E-state index contributed by atoms with van der Waals surface area (Å²) in [5.41, 5.74) is 1.08. The van der Waals surface area contributed by atoms with Crippen molar-refractivity contribution in [1.29, 1.82) is 0 Å². The molecule has 0 radical (unpaired) electrons. The fraction of sp³-hybridized carbons (Fsp3) is 0.429. The Kier molecular flexibility index (Phi) is 1.85. The first-order valence-electron chi connectivity index (χ1n) is 3.22. The molecule has 0 fully saturated rings. The minimum absolute atomic E-state index is 0.801. The van der Waals surface area contributed by atoms with Gasteiger partial charge in [-0.3, -0.25) is 0 Å². The van der Waals surface area contributed by atoms with Crippen molar-refractivity contribution in [2.24, 2.45) is 0 Å². The van der Waals surface area contributed by atoms with Gasteiger partial charge in [-0.05, 0) is 13.8 Å². The zero-order valence-corrected chi connectivity index (χ0v) is 6.47. The lowest BCUT2D eigenvalue weighted by molar-refractivity contribution is 1.03. The van der Waals surface area contributed by atoms with Crippen molar-refractivity contribution in [1.82, 2.24) is 9.97 Å². The summed E-state index contributed by atoms with van der Waals surface area (Å²) in [4.78, 5) is 8.21. The van der Waals surface area contributed by atoms with E-state index in [4.69, 9.17) is 0 Å². The molecule has 1 heterocycles. The molecule has 10 heavy (non-hydrogen) atoms. The number of aryl methyl sites for hydroxylation is 2. The molecular weight excluding hydrogens is 126 g/mol. The van der Waals surface area contributed by atoms with E-state index < -0.39 is 0 Å². The van der Waals surface area contributed by atoms with Crippen LogP contribution < -0.4 is 5.32 Å². The van der Waals surface area contributed by atoms with Gasteiger partial charge in [0.15, 0.2) is 0 Å². The summed E-state index contributed by atoms with van der Waals surface area (Å²) in [5.74, 6) is 1.71. The summed E-state index contributed by atoms with van der Waals surface area (Å²) in [7, 11) is 1.86. The van der Waals surface area contributed by atoms with Crippen LogP contribution in [0.3, 0.4) is 0 Å². The molecule has 1 rings (SSSR count). The van der Waals surface area contributed by atoms with Gasteiger partial charge in [0.1, 0.15) is 11.6 Å². The number of rotatable bonds is 1. The normalized spacial score (nSPS) is 9.50. The van der Waals surface area contributed by atoms with E-state index in [1.807, 2.05) is 27.1 Å². The zero-order chi connectivity index (χ0) is 7.56. The highest BCUT2D eigenvalue weighted by atomic mass is 15.0. The van der Waals surface area contributed by atoms with Crippen molar-refractivity contribution in [2.75, 3.05) is 12.4 Å². The molecule has 0 amide bonds. The molecule has 3 nitrogen and oxygen atoms in total. The van der Waals surface area contributed by atoms with Crippen LogP contribution >= 0.6 is 0 Å². The van der Waals surface area contributed by atoms with Crippen molar-refractivity contribution < 1.29 is 0 Å². The Bertz CT molecular complexity index is 232. The van der Waals surface area contributed by atoms with Crippen LogP contribution in [-0.4, -0.2) is 17.0 Å². The van der Waals surface area contributed by atoms with Crippen LogP contribution in [0.2, 0.25) is 0 Å². The average Bonchev–Trinajstić information content (AvgIpc) is 1.94. The molecule has 0 aliphatic rings. The van der Waals surface area contributed by atoms with Crippen LogP contribution in [-0.2, 0) is 0 Å². The highest BCUT2D eigenvalue weighted by Gasteiger charge is 1.95. The van der Waals surface area contributed by atoms with Crippen LogP contribution in [0.5, 0.6) is 0 Å². The Morgan fingerprint density at radius 2 is 2.10 bits per heavy atom. The Morgan fingerprint density at radius 1 is 1.40 bits per heavy atom. The van der Waals surface area contributed by atoms with Gasteiger partial charge in [-0.2, -0.15) is 0 Å². The third-order valence-corrected chi connectivity index (χ3v) is 1.33. The van der Waals surface area contributed by atoms with Gasteiger partial charge < -0.3 is 5.32 Å². The van der Waals surface area contributed by atoms with Gasteiger partial charge in [-0.1, -0.05) is 0 Å². The standard InChI is InChI=1S/C7H11N3/c1-5-4-9-6(2)10-7(5)8-3/h4H,1-3H3,(H,8,9,10). The molecule has 0 aromatic carbocycles. The lowest BCUT2D eigenvalue weighted by Crippen LogP contribution is -1.98. The van der Waals surface area contributed by atoms with Gasteiger partial charge in [-0.25, -0.2) is 9.97 Å². The minimum Gasteiger partial charge on any atom is -0.373 e. The molecule has 1 N–H and O–H groups in total. The molecule has 3 heteroatoms. The monoisotopic (exact) mass is 137 g/mol. The smallest absolute Gasteiger partial charge is 0.132 e. The fourth-order valence-electron chi connectivity index (χ4n) is 0.783. The first-order valence-corrected chi connectivity index (χ1v) is 3.22. The number of nitrogens with zero attached hydrogens (tertiary/aromatic N) is 2. The van der Waals surface area contributed by atoms with Crippen molar-refractivity contribution >= 4 is 5.82 Å². The lowest BCUT2D eigenvalue weighted by atomic mass is 10.3. The van der Waals surface area contributed by atoms with E-state index in [0.29, 0.717) is 0 Å². The van der Waals surface area contributed by atoms with E-state index in [1.165, 1.54) is 0 Å². The molecule has 54 valence electrons. The molecular formula is C7H11N3. The molecule has 0 bridgehead atoms. The Balaban J connectivity index is 3.09. The number of hydrogen-bond acceptors (Lipinski definition) is 3. The van der Waals surface area contributed by atoms with Crippen molar-refractivity contribution in [3.8, 4) is 0 Å². The fourth-order valence-corrected chi connectivity index (χ4v) is 0.783. The molecule has 1 aromatic heterocycles. The van der Waals surface area contributed by atoms with Gasteiger partial charge in [0, 0.05) is 18.8 Å². The topological polar surface area (TPSA) is 37.8 Å². The van der Waals surface area contributed by atoms with E-state index in [0.717, 1.165) is 17.2 Å². The first-order chi connectivity index (χ1) is 4.74. The van der Waals surface area contributed by atoms with Crippen LogP contribution in [0.25, 0.3) is 0 Å². The number of aromatic nitrogens is 2. The van der Waals surface area contributed by atoms with E-state index in [2.05, 4.69) is 15.3 Å². The van der Waals surface area contributed by atoms with Gasteiger partial charge in [0.05, 0.1) is 0 Å². The van der Waals surface area contributed by atoms with Gasteiger partial charge in [-0.15, -0.1) is 0 Å². The maximum atomic E-state index is 4.17. The largest absolute Gasteiger partial charge is 0.373 e. The molecule has 0 aliphatic carbocycles. The maximum Gasteiger partial charge on any atom is 0.132 e. The first kappa shape index (κ1) is 6.99. The summed E-state index contributed by atoms with van der Waals surface area (Å²) >= 11 is 0. The third-order valence-electron chi connectivity index (χ3n) is 1.33. The highest BCUT2D eigenvalue weighted by Crippen LogP contribution is 2.07. The molecule has 0 atom stereocenters. The maximum absolute atomic E-state index is 4.17. The number of nitrogens with one attached hydrogen (secondary N) is 1. The predicted molar refractivity (Wildman–Crippen MR) is 41.1 cm³/mol. The highest BCUT2D eigenvalue weighted by molar-refractivity contribution is 5.40. The molecule has 0 unspecified atom stereocenters. The van der Waals surface area contributed by atoms with Crippen LogP contribution in [0, 0.1) is 13.8 Å². The van der Waals surface area contributed by atoms with E-state index in [9.17, 15) is 0 Å². The number of hydrogen-bond donors (Lipinski definition) is 1. The Labute approximate surface area is 60.5 Å². The van der Waals surface area contributed by atoms with Crippen LogP contribution in [0.1, 0.15) is 11.4 Å². The van der Waals surface area contributed by atoms with E-state index in [1.54, 1.807) is 0 Å². The van der Waals surface area contributed by atoms with E-state index >= 15 is 0 Å². The molecule has 0 saturated heterocycles. The summed E-state index contributed by atoms with van der Waals surface area (Å²) < 4.78 is 0. The van der Waals surface area contributed by atoms with Crippen LogP contribution in [0.4, 0.5) is 5.82 Å².